The summed E-state index contributed by atoms with van der Waals surface area (Å²) in [5.41, 5.74) is 5.00. The molecule has 9 nitrogen and oxygen atoms in total. The van der Waals surface area contributed by atoms with Crippen LogP contribution in [-0.4, -0.2) is 50.6 Å². The normalized spacial score (nSPS) is 24.5. The molecule has 0 aromatic heterocycles. The molecule has 9 heteroatoms. The Kier molecular flexibility index (Phi) is 6.34. The highest BCUT2D eigenvalue weighted by atomic mass is 16.5. The van der Waals surface area contributed by atoms with E-state index in [2.05, 4.69) is 0 Å². The number of phenols is 1. The predicted molar refractivity (Wildman–Crippen MR) is 143 cm³/mol. The maximum Gasteiger partial charge on any atom is 0.255 e. The third kappa shape index (κ3) is 3.92. The SMILES string of the molecule is CCc1ccc(/C=C/c2ccc(O)c3c2C[C@H]2C[C@H]4CC(=O)C(C(N)=O)=C(O)[C@@]4(O)C(=O)C2=C3O)cc1OC. The summed E-state index contributed by atoms with van der Waals surface area (Å²) in [4.78, 5) is 37.9. The number of Topliss-reactive ketones (excluding diaryl/α,β-unsaturated/α-hetero) is 2. The van der Waals surface area contributed by atoms with Crippen LogP contribution in [0.1, 0.15) is 47.6 Å². The molecule has 0 bridgehead atoms. The largest absolute Gasteiger partial charge is 0.508 e. The molecule has 5 rings (SSSR count). The van der Waals surface area contributed by atoms with E-state index >= 15 is 0 Å². The van der Waals surface area contributed by atoms with Crippen LogP contribution in [0, 0.1) is 11.8 Å². The van der Waals surface area contributed by atoms with Crippen LogP contribution in [0.2, 0.25) is 0 Å². The second-order valence-corrected chi connectivity index (χ2v) is 10.2. The molecule has 202 valence electrons. The summed E-state index contributed by atoms with van der Waals surface area (Å²) in [6, 6.07) is 8.97. The van der Waals surface area contributed by atoms with Crippen molar-refractivity contribution in [3.8, 4) is 11.5 Å². The third-order valence-electron chi connectivity index (χ3n) is 8.13. The number of benzene rings is 2. The minimum atomic E-state index is -2.58. The first-order valence-electron chi connectivity index (χ1n) is 12.7. The number of hydrogen-bond acceptors (Lipinski definition) is 8. The Morgan fingerprint density at radius 1 is 1.13 bits per heavy atom. The van der Waals surface area contributed by atoms with Gasteiger partial charge in [0.05, 0.1) is 12.7 Å². The number of carbonyl (C=O) groups is 3. The Morgan fingerprint density at radius 2 is 1.87 bits per heavy atom. The quantitative estimate of drug-likeness (QED) is 0.290. The van der Waals surface area contributed by atoms with Crippen molar-refractivity contribution in [2.24, 2.45) is 17.6 Å². The summed E-state index contributed by atoms with van der Waals surface area (Å²) < 4.78 is 5.48. The second kappa shape index (κ2) is 9.43. The van der Waals surface area contributed by atoms with Crippen LogP contribution in [-0.2, 0) is 27.2 Å². The van der Waals surface area contributed by atoms with Gasteiger partial charge in [0.15, 0.2) is 11.4 Å². The number of carbonyl (C=O) groups excluding carboxylic acids is 3. The fourth-order valence-corrected chi connectivity index (χ4v) is 6.14. The third-order valence-corrected chi connectivity index (χ3v) is 8.13. The molecular weight excluding hydrogens is 502 g/mol. The predicted octanol–water partition coefficient (Wildman–Crippen LogP) is 3.17. The van der Waals surface area contributed by atoms with Crippen molar-refractivity contribution in [1.82, 2.24) is 0 Å². The summed E-state index contributed by atoms with van der Waals surface area (Å²) >= 11 is 0. The van der Waals surface area contributed by atoms with E-state index in [1.165, 1.54) is 6.07 Å². The van der Waals surface area contributed by atoms with Gasteiger partial charge in [0, 0.05) is 17.9 Å². The monoisotopic (exact) mass is 531 g/mol. The van der Waals surface area contributed by atoms with E-state index in [0.717, 1.165) is 23.3 Å². The van der Waals surface area contributed by atoms with Gasteiger partial charge < -0.3 is 30.9 Å². The first-order chi connectivity index (χ1) is 18.5. The zero-order valence-electron chi connectivity index (χ0n) is 21.5. The van der Waals surface area contributed by atoms with Gasteiger partial charge in [0.25, 0.3) is 5.91 Å². The van der Waals surface area contributed by atoms with Crippen LogP contribution in [0.3, 0.4) is 0 Å². The highest BCUT2D eigenvalue weighted by molar-refractivity contribution is 6.22. The lowest BCUT2D eigenvalue weighted by Crippen LogP contribution is -2.58. The smallest absolute Gasteiger partial charge is 0.255 e. The van der Waals surface area contributed by atoms with Crippen molar-refractivity contribution in [2.45, 2.75) is 38.2 Å². The summed E-state index contributed by atoms with van der Waals surface area (Å²) in [5, 5.41) is 43.9. The summed E-state index contributed by atoms with van der Waals surface area (Å²) in [6.07, 6.45) is 4.51. The molecule has 2 aromatic rings. The van der Waals surface area contributed by atoms with E-state index in [0.29, 0.717) is 11.1 Å². The lowest BCUT2D eigenvalue weighted by molar-refractivity contribution is -0.147. The number of amides is 1. The van der Waals surface area contributed by atoms with Crippen molar-refractivity contribution in [1.29, 1.82) is 0 Å². The first kappa shape index (κ1) is 26.2. The Balaban J connectivity index is 1.59. The molecule has 6 N–H and O–H groups in total. The second-order valence-electron chi connectivity index (χ2n) is 10.2. The van der Waals surface area contributed by atoms with Crippen molar-refractivity contribution < 1.29 is 39.5 Å². The van der Waals surface area contributed by atoms with Gasteiger partial charge in [0.1, 0.15) is 28.6 Å². The van der Waals surface area contributed by atoms with Gasteiger partial charge in [-0.25, -0.2) is 0 Å². The van der Waals surface area contributed by atoms with Crippen molar-refractivity contribution in [3.05, 3.63) is 75.1 Å². The van der Waals surface area contributed by atoms with Crippen LogP contribution >= 0.6 is 0 Å². The minimum absolute atomic E-state index is 0.0585. The topological polar surface area (TPSA) is 167 Å². The zero-order valence-corrected chi connectivity index (χ0v) is 21.5. The standard InChI is InChI=1S/C30H29NO8/c1-3-15-6-4-14(10-22(15)39-2)5-7-16-8-9-20(32)24-19(16)12-17-11-18-13-21(33)25(29(31)37)28(36)30(18,38)27(35)23(17)26(24)34/h4-10,17-18,32,34,36,38H,3,11-13H2,1-2H3,(H2,31,37)/b7-5+/t17-,18+,30+/m1/s1. The van der Waals surface area contributed by atoms with Gasteiger partial charge >= 0.3 is 0 Å². The van der Waals surface area contributed by atoms with E-state index in [-0.39, 0.29) is 36.1 Å². The van der Waals surface area contributed by atoms with Crippen LogP contribution < -0.4 is 10.5 Å². The Hall–Kier alpha value is -4.37. The Bertz CT molecular complexity index is 1530. The molecule has 0 heterocycles. The number of aryl methyl sites for hydroxylation is 1. The van der Waals surface area contributed by atoms with Crippen molar-refractivity contribution in [2.75, 3.05) is 7.11 Å². The van der Waals surface area contributed by atoms with Gasteiger partial charge in [-0.15, -0.1) is 0 Å². The molecule has 2 aromatic carbocycles. The molecule has 0 aliphatic heterocycles. The van der Waals surface area contributed by atoms with Gasteiger partial charge in [-0.05, 0) is 59.6 Å². The van der Waals surface area contributed by atoms with Crippen LogP contribution in [0.15, 0.2) is 47.2 Å². The van der Waals surface area contributed by atoms with Crippen LogP contribution in [0.5, 0.6) is 11.5 Å². The Morgan fingerprint density at radius 3 is 2.54 bits per heavy atom. The van der Waals surface area contributed by atoms with Crippen LogP contribution in [0.4, 0.5) is 0 Å². The maximum atomic E-state index is 13.6. The molecule has 39 heavy (non-hydrogen) atoms. The van der Waals surface area contributed by atoms with E-state index < -0.39 is 52.0 Å². The fraction of sp³-hybridized carbons (Fsp3) is 0.300. The van der Waals surface area contributed by atoms with Crippen LogP contribution in [0.25, 0.3) is 17.9 Å². The average molecular weight is 532 g/mol. The number of aliphatic hydroxyl groups excluding tert-OH is 2. The summed E-state index contributed by atoms with van der Waals surface area (Å²) in [6.45, 7) is 2.04. The number of ether oxygens (including phenoxy) is 1. The average Bonchev–Trinajstić information content (AvgIpc) is 2.89. The molecule has 0 unspecified atom stereocenters. The van der Waals surface area contributed by atoms with E-state index in [9.17, 15) is 34.8 Å². The van der Waals surface area contributed by atoms with Gasteiger partial charge in [-0.3, -0.25) is 14.4 Å². The molecule has 0 saturated heterocycles. The molecule has 1 fully saturated rings. The molecule has 3 atom stereocenters. The molecule has 1 amide bonds. The first-order valence-corrected chi connectivity index (χ1v) is 12.7. The fourth-order valence-electron chi connectivity index (χ4n) is 6.14. The zero-order chi connectivity index (χ0) is 28.2. The molecule has 0 spiro atoms. The molecular formula is C30H29NO8. The maximum absolute atomic E-state index is 13.6. The van der Waals surface area contributed by atoms with Gasteiger partial charge in [-0.2, -0.15) is 0 Å². The Labute approximate surface area is 224 Å². The number of fused-ring (bicyclic) bond motifs is 3. The van der Waals surface area contributed by atoms with E-state index in [1.54, 1.807) is 13.2 Å². The van der Waals surface area contributed by atoms with Crippen molar-refractivity contribution in [3.63, 3.8) is 0 Å². The molecule has 3 aliphatic rings. The number of primary amides is 1. The van der Waals surface area contributed by atoms with Crippen molar-refractivity contribution >= 4 is 35.4 Å². The summed E-state index contributed by atoms with van der Waals surface area (Å²) in [5.74, 6) is -5.69. The number of rotatable bonds is 5. The number of aromatic hydroxyl groups is 1. The minimum Gasteiger partial charge on any atom is -0.508 e. The highest BCUT2D eigenvalue weighted by Crippen LogP contribution is 2.52. The number of hydrogen-bond donors (Lipinski definition) is 5. The van der Waals surface area contributed by atoms with Gasteiger partial charge in [-0.1, -0.05) is 37.3 Å². The molecule has 1 saturated carbocycles. The highest BCUT2D eigenvalue weighted by Gasteiger charge is 2.60. The van der Waals surface area contributed by atoms with E-state index in [1.807, 2.05) is 37.3 Å². The lowest BCUT2D eigenvalue weighted by Gasteiger charge is -2.46. The molecule has 0 radical (unpaired) electrons. The lowest BCUT2D eigenvalue weighted by atomic mass is 9.59. The number of phenolic OH excluding ortho intramolecular Hbond substituents is 1. The van der Waals surface area contributed by atoms with E-state index in [4.69, 9.17) is 10.5 Å². The number of methoxy groups -OCH3 is 1. The molecule has 3 aliphatic carbocycles. The van der Waals surface area contributed by atoms with Gasteiger partial charge in [0.2, 0.25) is 5.78 Å². The number of ketones is 2. The number of aliphatic hydroxyl groups is 3. The summed E-state index contributed by atoms with van der Waals surface area (Å²) in [7, 11) is 1.61. The number of nitrogens with two attached hydrogens (primary N) is 1.